The molecule has 0 unspecified atom stereocenters. The lowest BCUT2D eigenvalue weighted by Gasteiger charge is -2.20. The summed E-state index contributed by atoms with van der Waals surface area (Å²) in [7, 11) is -0.642. The number of nitrogens with zero attached hydrogens (tertiary/aromatic N) is 3. The second-order valence-corrected chi connectivity index (χ2v) is 11.3. The normalized spacial score (nSPS) is 11.8. The highest BCUT2D eigenvalue weighted by Crippen LogP contribution is 2.35. The number of sulfonamides is 1. The van der Waals surface area contributed by atoms with Crippen LogP contribution in [0.3, 0.4) is 0 Å². The Kier molecular flexibility index (Phi) is 6.54. The minimum absolute atomic E-state index is 0.129. The van der Waals surface area contributed by atoms with E-state index < -0.39 is 10.0 Å². The minimum atomic E-state index is -3.58. The van der Waals surface area contributed by atoms with Crippen molar-refractivity contribution in [3.05, 3.63) is 88.4 Å². The van der Waals surface area contributed by atoms with E-state index in [1.54, 1.807) is 4.90 Å². The molecule has 0 radical (unpaired) electrons. The van der Waals surface area contributed by atoms with Gasteiger partial charge < -0.3 is 0 Å². The first kappa shape index (κ1) is 23.4. The zero-order valence-corrected chi connectivity index (χ0v) is 20.7. The molecule has 3 aromatic carbocycles. The molecule has 0 aliphatic heterocycles. The van der Waals surface area contributed by atoms with E-state index >= 15 is 0 Å². The third kappa shape index (κ3) is 4.65. The average molecular weight is 500 g/mol. The van der Waals surface area contributed by atoms with Gasteiger partial charge in [-0.2, -0.15) is 0 Å². The largest absolute Gasteiger partial charge is 0.279 e. The van der Waals surface area contributed by atoms with Crippen LogP contribution in [0.15, 0.2) is 71.6 Å². The number of amides is 1. The molecule has 6 nitrogen and oxygen atoms in total. The highest BCUT2D eigenvalue weighted by Gasteiger charge is 2.24. The first-order valence-electron chi connectivity index (χ1n) is 10.1. The van der Waals surface area contributed by atoms with Gasteiger partial charge in [0, 0.05) is 24.7 Å². The van der Waals surface area contributed by atoms with E-state index in [0.717, 1.165) is 25.6 Å². The van der Waals surface area contributed by atoms with Crippen LogP contribution in [-0.2, 0) is 16.6 Å². The van der Waals surface area contributed by atoms with Gasteiger partial charge in [-0.05, 0) is 54.4 Å². The summed E-state index contributed by atoms with van der Waals surface area (Å²) >= 11 is 7.68. The van der Waals surface area contributed by atoms with Gasteiger partial charge in [0.1, 0.15) is 0 Å². The molecule has 4 aromatic rings. The highest BCUT2D eigenvalue weighted by molar-refractivity contribution is 7.89. The molecule has 0 aliphatic rings. The lowest BCUT2D eigenvalue weighted by molar-refractivity contribution is 0.0985. The van der Waals surface area contributed by atoms with E-state index in [9.17, 15) is 13.2 Å². The lowest BCUT2D eigenvalue weighted by Crippen LogP contribution is -2.30. The van der Waals surface area contributed by atoms with Crippen molar-refractivity contribution in [1.82, 2.24) is 9.29 Å². The lowest BCUT2D eigenvalue weighted by atomic mass is 10.1. The van der Waals surface area contributed by atoms with Gasteiger partial charge in [-0.15, -0.1) is 0 Å². The topological polar surface area (TPSA) is 70.6 Å². The summed E-state index contributed by atoms with van der Waals surface area (Å²) in [5.74, 6) is -0.268. The van der Waals surface area contributed by atoms with Crippen LogP contribution in [0.2, 0.25) is 5.02 Å². The standard InChI is InChI=1S/C24H22ClN3O3S2/c1-16-20(25)13-14-21-22(16)26-24(32-21)28(15-17-7-5-4-6-8-17)23(29)18-9-11-19(12-10-18)33(30,31)27(2)3/h4-14H,15H2,1-3H3. The van der Waals surface area contributed by atoms with Gasteiger partial charge in [-0.3, -0.25) is 9.69 Å². The Morgan fingerprint density at radius 1 is 1.00 bits per heavy atom. The second kappa shape index (κ2) is 9.23. The maximum atomic E-state index is 13.6. The Hall–Kier alpha value is -2.78. The van der Waals surface area contributed by atoms with Crippen LogP contribution in [0.1, 0.15) is 21.5 Å². The summed E-state index contributed by atoms with van der Waals surface area (Å²) in [6.07, 6.45) is 0. The van der Waals surface area contributed by atoms with Crippen molar-refractivity contribution in [2.45, 2.75) is 18.4 Å². The van der Waals surface area contributed by atoms with E-state index in [0.29, 0.717) is 22.3 Å². The number of hydrogen-bond donors (Lipinski definition) is 0. The molecule has 0 N–H and O–H groups in total. The van der Waals surface area contributed by atoms with E-state index in [-0.39, 0.29) is 10.8 Å². The fourth-order valence-electron chi connectivity index (χ4n) is 3.33. The molecule has 33 heavy (non-hydrogen) atoms. The fourth-order valence-corrected chi connectivity index (χ4v) is 5.41. The average Bonchev–Trinajstić information content (AvgIpc) is 3.25. The number of thiazole rings is 1. The number of anilines is 1. The maximum absolute atomic E-state index is 13.6. The third-order valence-electron chi connectivity index (χ3n) is 5.28. The molecule has 1 heterocycles. The summed E-state index contributed by atoms with van der Waals surface area (Å²) in [6.45, 7) is 2.23. The summed E-state index contributed by atoms with van der Waals surface area (Å²) in [6, 6.07) is 19.3. The molecule has 9 heteroatoms. The van der Waals surface area contributed by atoms with E-state index in [2.05, 4.69) is 0 Å². The molecule has 1 amide bonds. The predicted octanol–water partition coefficient (Wildman–Crippen LogP) is 5.36. The van der Waals surface area contributed by atoms with Gasteiger partial charge >= 0.3 is 0 Å². The Bertz CT molecular complexity index is 1420. The molecule has 0 fully saturated rings. The zero-order valence-electron chi connectivity index (χ0n) is 18.3. The fraction of sp³-hybridized carbons (Fsp3) is 0.167. The number of halogens is 1. The van der Waals surface area contributed by atoms with Gasteiger partial charge in [-0.25, -0.2) is 17.7 Å². The summed E-state index contributed by atoms with van der Waals surface area (Å²) in [5.41, 5.74) is 2.95. The van der Waals surface area contributed by atoms with E-state index in [1.165, 1.54) is 49.7 Å². The van der Waals surface area contributed by atoms with Gasteiger partial charge in [0.2, 0.25) is 10.0 Å². The SMILES string of the molecule is Cc1c(Cl)ccc2sc(N(Cc3ccccc3)C(=O)c3ccc(S(=O)(=O)N(C)C)cc3)nc12. The minimum Gasteiger partial charge on any atom is -0.279 e. The number of hydrogen-bond acceptors (Lipinski definition) is 5. The third-order valence-corrected chi connectivity index (χ3v) is 8.56. The molecule has 0 spiro atoms. The molecule has 0 atom stereocenters. The van der Waals surface area contributed by atoms with E-state index in [1.807, 2.05) is 49.4 Å². The van der Waals surface area contributed by atoms with Gasteiger partial charge in [-0.1, -0.05) is 53.3 Å². The number of benzene rings is 3. The Morgan fingerprint density at radius 3 is 2.30 bits per heavy atom. The molecular formula is C24H22ClN3O3S2. The Morgan fingerprint density at radius 2 is 1.67 bits per heavy atom. The summed E-state index contributed by atoms with van der Waals surface area (Å²) in [5, 5.41) is 1.17. The van der Waals surface area contributed by atoms with Crippen molar-refractivity contribution < 1.29 is 13.2 Å². The molecule has 0 bridgehead atoms. The zero-order chi connectivity index (χ0) is 23.8. The van der Waals surface area contributed by atoms with Crippen LogP contribution in [0.4, 0.5) is 5.13 Å². The Labute approximate surface area is 202 Å². The molecule has 170 valence electrons. The summed E-state index contributed by atoms with van der Waals surface area (Å²) < 4.78 is 26.8. The quantitative estimate of drug-likeness (QED) is 0.358. The predicted molar refractivity (Wildman–Crippen MR) is 134 cm³/mol. The molecule has 0 saturated carbocycles. The van der Waals surface area contributed by atoms with E-state index in [4.69, 9.17) is 16.6 Å². The van der Waals surface area contributed by atoms with Gasteiger partial charge in [0.15, 0.2) is 5.13 Å². The number of fused-ring (bicyclic) bond motifs is 1. The van der Waals surface area contributed by atoms with Crippen LogP contribution < -0.4 is 4.90 Å². The van der Waals surface area contributed by atoms with Crippen molar-refractivity contribution in [2.75, 3.05) is 19.0 Å². The number of aryl methyl sites for hydroxylation is 1. The monoisotopic (exact) mass is 499 g/mol. The number of carbonyl (C=O) groups excluding carboxylic acids is 1. The number of aromatic nitrogens is 1. The maximum Gasteiger partial charge on any atom is 0.260 e. The summed E-state index contributed by atoms with van der Waals surface area (Å²) in [4.78, 5) is 20.1. The van der Waals surface area contributed by atoms with Crippen LogP contribution in [-0.4, -0.2) is 37.7 Å². The van der Waals surface area contributed by atoms with Crippen molar-refractivity contribution >= 4 is 54.2 Å². The van der Waals surface area contributed by atoms with Crippen LogP contribution in [0.25, 0.3) is 10.2 Å². The van der Waals surface area contributed by atoms with Crippen molar-refractivity contribution in [2.24, 2.45) is 0 Å². The van der Waals surface area contributed by atoms with Gasteiger partial charge in [0.05, 0.1) is 21.7 Å². The molecule has 1 aromatic heterocycles. The van der Waals surface area contributed by atoms with Crippen LogP contribution in [0.5, 0.6) is 0 Å². The van der Waals surface area contributed by atoms with Crippen molar-refractivity contribution in [1.29, 1.82) is 0 Å². The second-order valence-electron chi connectivity index (χ2n) is 7.70. The molecule has 0 saturated heterocycles. The number of carbonyl (C=O) groups is 1. The first-order valence-corrected chi connectivity index (χ1v) is 12.8. The highest BCUT2D eigenvalue weighted by atomic mass is 35.5. The van der Waals surface area contributed by atoms with Gasteiger partial charge in [0.25, 0.3) is 5.91 Å². The van der Waals surface area contributed by atoms with Crippen LogP contribution >= 0.6 is 22.9 Å². The number of rotatable bonds is 6. The molecular weight excluding hydrogens is 478 g/mol. The van der Waals surface area contributed by atoms with Crippen LogP contribution in [0, 0.1) is 6.92 Å². The Balaban J connectivity index is 1.75. The van der Waals surface area contributed by atoms with Crippen molar-refractivity contribution in [3.63, 3.8) is 0 Å². The first-order chi connectivity index (χ1) is 15.7. The molecule has 4 rings (SSSR count). The van der Waals surface area contributed by atoms with Crippen molar-refractivity contribution in [3.8, 4) is 0 Å². The smallest absolute Gasteiger partial charge is 0.260 e. The molecule has 0 aliphatic carbocycles.